The molecule has 17 heavy (non-hydrogen) atoms. The molecule has 1 aromatic carbocycles. The number of benzene rings is 1. The molecule has 0 aromatic heterocycles. The SMILES string of the molecule is CC1CNc2ccccc2N1C1CCOC1=O. The third kappa shape index (κ3) is 1.64. The molecule has 1 aromatic rings. The van der Waals surface area contributed by atoms with Gasteiger partial charge in [0.15, 0.2) is 0 Å². The second-order valence-corrected chi connectivity index (χ2v) is 4.63. The van der Waals surface area contributed by atoms with Crippen LogP contribution in [0.4, 0.5) is 11.4 Å². The minimum Gasteiger partial charge on any atom is -0.464 e. The second kappa shape index (κ2) is 3.95. The van der Waals surface area contributed by atoms with Crippen molar-refractivity contribution in [2.24, 2.45) is 0 Å². The van der Waals surface area contributed by atoms with E-state index in [-0.39, 0.29) is 12.0 Å². The Balaban J connectivity index is 2.00. The number of esters is 1. The van der Waals surface area contributed by atoms with Crippen molar-refractivity contribution in [2.75, 3.05) is 23.4 Å². The second-order valence-electron chi connectivity index (χ2n) is 4.63. The summed E-state index contributed by atoms with van der Waals surface area (Å²) in [6.07, 6.45) is 0.789. The highest BCUT2D eigenvalue weighted by Gasteiger charge is 2.37. The number of fused-ring (bicyclic) bond motifs is 1. The quantitative estimate of drug-likeness (QED) is 0.747. The van der Waals surface area contributed by atoms with E-state index >= 15 is 0 Å². The number of hydrogen-bond acceptors (Lipinski definition) is 4. The molecule has 0 aliphatic carbocycles. The minimum atomic E-state index is -0.117. The standard InChI is InChI=1S/C13H16N2O2/c1-9-8-14-10-4-2-3-5-11(10)15(9)12-6-7-17-13(12)16/h2-5,9,12,14H,6-8H2,1H3. The van der Waals surface area contributed by atoms with Gasteiger partial charge < -0.3 is 15.0 Å². The van der Waals surface area contributed by atoms with Gasteiger partial charge in [0.25, 0.3) is 0 Å². The highest BCUT2D eigenvalue weighted by atomic mass is 16.5. The predicted molar refractivity (Wildman–Crippen MR) is 66.2 cm³/mol. The number of cyclic esters (lactones) is 1. The van der Waals surface area contributed by atoms with E-state index < -0.39 is 0 Å². The van der Waals surface area contributed by atoms with Crippen molar-refractivity contribution in [3.63, 3.8) is 0 Å². The van der Waals surface area contributed by atoms with E-state index in [0.717, 1.165) is 24.3 Å². The van der Waals surface area contributed by atoms with Crippen molar-refractivity contribution >= 4 is 17.3 Å². The smallest absolute Gasteiger partial charge is 0.328 e. The van der Waals surface area contributed by atoms with Crippen LogP contribution < -0.4 is 10.2 Å². The maximum atomic E-state index is 11.7. The molecule has 1 saturated heterocycles. The summed E-state index contributed by atoms with van der Waals surface area (Å²) in [5.41, 5.74) is 2.21. The van der Waals surface area contributed by atoms with Crippen molar-refractivity contribution in [3.05, 3.63) is 24.3 Å². The molecule has 0 bridgehead atoms. The van der Waals surface area contributed by atoms with Crippen LogP contribution >= 0.6 is 0 Å². The van der Waals surface area contributed by atoms with E-state index in [1.807, 2.05) is 12.1 Å². The molecule has 3 rings (SSSR count). The number of anilines is 2. The van der Waals surface area contributed by atoms with Crippen LogP contribution in [0.5, 0.6) is 0 Å². The first-order valence-electron chi connectivity index (χ1n) is 6.05. The Morgan fingerprint density at radius 3 is 3.00 bits per heavy atom. The molecule has 90 valence electrons. The number of ether oxygens (including phenoxy) is 1. The third-order valence-corrected chi connectivity index (χ3v) is 3.49. The van der Waals surface area contributed by atoms with Gasteiger partial charge in [-0.1, -0.05) is 12.1 Å². The Labute approximate surface area is 101 Å². The third-order valence-electron chi connectivity index (χ3n) is 3.49. The van der Waals surface area contributed by atoms with E-state index in [1.165, 1.54) is 0 Å². The van der Waals surface area contributed by atoms with Gasteiger partial charge in [-0.3, -0.25) is 0 Å². The molecule has 4 nitrogen and oxygen atoms in total. The Hall–Kier alpha value is -1.71. The maximum absolute atomic E-state index is 11.7. The molecule has 2 aliphatic heterocycles. The van der Waals surface area contributed by atoms with E-state index in [2.05, 4.69) is 29.3 Å². The van der Waals surface area contributed by atoms with Crippen LogP contribution in [0, 0.1) is 0 Å². The number of nitrogens with one attached hydrogen (secondary N) is 1. The molecule has 2 unspecified atom stereocenters. The highest BCUT2D eigenvalue weighted by molar-refractivity contribution is 5.85. The number of carbonyl (C=O) groups excluding carboxylic acids is 1. The van der Waals surface area contributed by atoms with Gasteiger partial charge in [-0.25, -0.2) is 4.79 Å². The zero-order valence-electron chi connectivity index (χ0n) is 9.85. The molecule has 2 heterocycles. The van der Waals surface area contributed by atoms with Gasteiger partial charge in [-0.05, 0) is 19.1 Å². The summed E-state index contributed by atoms with van der Waals surface area (Å²) in [6, 6.07) is 8.31. The van der Waals surface area contributed by atoms with E-state index in [9.17, 15) is 4.79 Å². The first-order chi connectivity index (χ1) is 8.27. The highest BCUT2D eigenvalue weighted by Crippen LogP contribution is 2.34. The lowest BCUT2D eigenvalue weighted by Gasteiger charge is -2.40. The summed E-state index contributed by atoms with van der Waals surface area (Å²) in [7, 11) is 0. The summed E-state index contributed by atoms with van der Waals surface area (Å²) >= 11 is 0. The van der Waals surface area contributed by atoms with E-state index in [4.69, 9.17) is 4.74 Å². The van der Waals surface area contributed by atoms with Crippen LogP contribution in [0.15, 0.2) is 24.3 Å². The maximum Gasteiger partial charge on any atom is 0.328 e. The monoisotopic (exact) mass is 232 g/mol. The van der Waals surface area contributed by atoms with Crippen LogP contribution in [0.25, 0.3) is 0 Å². The van der Waals surface area contributed by atoms with Crippen LogP contribution in [-0.4, -0.2) is 31.2 Å². The zero-order valence-corrected chi connectivity index (χ0v) is 9.85. The zero-order chi connectivity index (χ0) is 11.8. The predicted octanol–water partition coefficient (Wildman–Crippen LogP) is 1.62. The molecule has 0 saturated carbocycles. The summed E-state index contributed by atoms with van der Waals surface area (Å²) in [6.45, 7) is 3.54. The first-order valence-corrected chi connectivity index (χ1v) is 6.05. The van der Waals surface area contributed by atoms with Crippen LogP contribution in [-0.2, 0) is 9.53 Å². The van der Waals surface area contributed by atoms with Crippen LogP contribution in [0.3, 0.4) is 0 Å². The average molecular weight is 232 g/mol. The minimum absolute atomic E-state index is 0.0893. The fraction of sp³-hybridized carbons (Fsp3) is 0.462. The fourth-order valence-electron chi connectivity index (χ4n) is 2.65. The number of hydrogen-bond donors (Lipinski definition) is 1. The fourth-order valence-corrected chi connectivity index (χ4v) is 2.65. The van der Waals surface area contributed by atoms with Gasteiger partial charge in [0.1, 0.15) is 6.04 Å². The lowest BCUT2D eigenvalue weighted by Crippen LogP contribution is -2.50. The molecule has 1 fully saturated rings. The molecule has 1 N–H and O–H groups in total. The van der Waals surface area contributed by atoms with Crippen molar-refractivity contribution in [1.29, 1.82) is 0 Å². The summed E-state index contributed by atoms with van der Waals surface area (Å²) in [4.78, 5) is 13.9. The molecule has 2 atom stereocenters. The van der Waals surface area contributed by atoms with Gasteiger partial charge >= 0.3 is 5.97 Å². The van der Waals surface area contributed by atoms with Gasteiger partial charge in [0, 0.05) is 19.0 Å². The van der Waals surface area contributed by atoms with E-state index in [1.54, 1.807) is 0 Å². The number of carbonyl (C=O) groups is 1. The van der Waals surface area contributed by atoms with Crippen molar-refractivity contribution in [3.8, 4) is 0 Å². The Morgan fingerprint density at radius 1 is 1.41 bits per heavy atom. The average Bonchev–Trinajstić information content (AvgIpc) is 2.75. The Kier molecular flexibility index (Phi) is 2.42. The molecular weight excluding hydrogens is 216 g/mol. The number of rotatable bonds is 1. The van der Waals surface area contributed by atoms with Gasteiger partial charge in [0.05, 0.1) is 18.0 Å². The number of nitrogens with zero attached hydrogens (tertiary/aromatic N) is 1. The molecule has 0 amide bonds. The molecular formula is C13H16N2O2. The van der Waals surface area contributed by atoms with Gasteiger partial charge in [-0.15, -0.1) is 0 Å². The van der Waals surface area contributed by atoms with Crippen molar-refractivity contribution in [2.45, 2.75) is 25.4 Å². The normalized spacial score (nSPS) is 27.4. The molecule has 0 spiro atoms. The topological polar surface area (TPSA) is 41.6 Å². The number of para-hydroxylation sites is 2. The Bertz CT molecular complexity index is 447. The summed E-state index contributed by atoms with van der Waals surface area (Å²) < 4.78 is 5.08. The summed E-state index contributed by atoms with van der Waals surface area (Å²) in [5.74, 6) is -0.0893. The van der Waals surface area contributed by atoms with Gasteiger partial charge in [-0.2, -0.15) is 0 Å². The Morgan fingerprint density at radius 2 is 2.24 bits per heavy atom. The molecule has 2 aliphatic rings. The van der Waals surface area contributed by atoms with Crippen molar-refractivity contribution in [1.82, 2.24) is 0 Å². The summed E-state index contributed by atoms with van der Waals surface area (Å²) in [5, 5.41) is 3.39. The largest absolute Gasteiger partial charge is 0.464 e. The lowest BCUT2D eigenvalue weighted by atomic mass is 10.1. The molecule has 0 radical (unpaired) electrons. The van der Waals surface area contributed by atoms with Gasteiger partial charge in [0.2, 0.25) is 0 Å². The van der Waals surface area contributed by atoms with E-state index in [0.29, 0.717) is 12.6 Å². The van der Waals surface area contributed by atoms with Crippen LogP contribution in [0.2, 0.25) is 0 Å². The molecule has 4 heteroatoms. The van der Waals surface area contributed by atoms with Crippen LogP contribution in [0.1, 0.15) is 13.3 Å². The van der Waals surface area contributed by atoms with Crippen molar-refractivity contribution < 1.29 is 9.53 Å². The lowest BCUT2D eigenvalue weighted by molar-refractivity contribution is -0.139. The first kappa shape index (κ1) is 10.4.